The molecule has 0 spiro atoms. The summed E-state index contributed by atoms with van der Waals surface area (Å²) >= 11 is 0. The van der Waals surface area contributed by atoms with Crippen molar-refractivity contribution in [1.29, 1.82) is 0 Å². The Morgan fingerprint density at radius 1 is 1.27 bits per heavy atom. The van der Waals surface area contributed by atoms with Crippen LogP contribution in [0.2, 0.25) is 0 Å². The van der Waals surface area contributed by atoms with Crippen molar-refractivity contribution in [2.45, 2.75) is 32.2 Å². The van der Waals surface area contributed by atoms with E-state index in [0.717, 1.165) is 37.5 Å². The number of carbonyl (C=O) groups excluding carboxylic acids is 1. The lowest BCUT2D eigenvalue weighted by Crippen LogP contribution is -2.50. The molecule has 1 aromatic carbocycles. The molecule has 0 radical (unpaired) electrons. The molecule has 7 heteroatoms. The molecule has 2 N–H and O–H groups in total. The smallest absolute Gasteiger partial charge is 0.409 e. The van der Waals surface area contributed by atoms with E-state index in [2.05, 4.69) is 27.8 Å². The van der Waals surface area contributed by atoms with E-state index in [1.807, 2.05) is 19.1 Å². The first kappa shape index (κ1) is 19.9. The first-order valence-electron chi connectivity index (χ1n) is 9.18. The molecule has 0 unspecified atom stereocenters. The minimum absolute atomic E-state index is 0.215. The van der Waals surface area contributed by atoms with E-state index in [4.69, 9.17) is 9.47 Å². The van der Waals surface area contributed by atoms with Crippen molar-refractivity contribution < 1.29 is 14.3 Å². The fourth-order valence-electron chi connectivity index (χ4n) is 2.93. The Balaban J connectivity index is 1.70. The first-order valence-corrected chi connectivity index (χ1v) is 9.18. The number of carbonyl (C=O) groups is 1. The van der Waals surface area contributed by atoms with Crippen molar-refractivity contribution in [1.82, 2.24) is 15.5 Å². The van der Waals surface area contributed by atoms with Crippen molar-refractivity contribution in [3.05, 3.63) is 29.8 Å². The SMILES string of the molecule is CCOC(=O)N1CCC(NC(=NC)NCCc2ccc(OC)cc2)CC1. The fraction of sp³-hybridized carbons (Fsp3) is 0.579. The normalized spacial score (nSPS) is 15.5. The molecule has 1 aliphatic heterocycles. The van der Waals surface area contributed by atoms with Crippen LogP contribution in [0.25, 0.3) is 0 Å². The maximum Gasteiger partial charge on any atom is 0.409 e. The van der Waals surface area contributed by atoms with Crippen LogP contribution in [-0.4, -0.2) is 63.4 Å². The minimum atomic E-state index is -0.215. The number of rotatable bonds is 6. The summed E-state index contributed by atoms with van der Waals surface area (Å²) in [7, 11) is 3.44. The van der Waals surface area contributed by atoms with Gasteiger partial charge in [-0.05, 0) is 43.9 Å². The molecule has 1 aromatic rings. The molecule has 0 aromatic heterocycles. The van der Waals surface area contributed by atoms with Crippen molar-refractivity contribution in [3.8, 4) is 5.75 Å². The lowest BCUT2D eigenvalue weighted by atomic mass is 10.1. The number of likely N-dealkylation sites (tertiary alicyclic amines) is 1. The van der Waals surface area contributed by atoms with Gasteiger partial charge in [-0.3, -0.25) is 4.99 Å². The lowest BCUT2D eigenvalue weighted by Gasteiger charge is -2.32. The molecular formula is C19H30N4O3. The van der Waals surface area contributed by atoms with Gasteiger partial charge in [-0.25, -0.2) is 4.79 Å². The molecule has 2 rings (SSSR count). The number of piperidine rings is 1. The van der Waals surface area contributed by atoms with Gasteiger partial charge in [0.1, 0.15) is 5.75 Å². The summed E-state index contributed by atoms with van der Waals surface area (Å²) in [5, 5.41) is 6.79. The van der Waals surface area contributed by atoms with Gasteiger partial charge in [0.05, 0.1) is 13.7 Å². The first-order chi connectivity index (χ1) is 12.7. The zero-order valence-corrected chi connectivity index (χ0v) is 16.0. The second-order valence-corrected chi connectivity index (χ2v) is 6.20. The maximum atomic E-state index is 11.7. The Kier molecular flexibility index (Phi) is 8.05. The van der Waals surface area contributed by atoms with Gasteiger partial charge in [0.15, 0.2) is 5.96 Å². The van der Waals surface area contributed by atoms with Gasteiger partial charge in [-0.15, -0.1) is 0 Å². The van der Waals surface area contributed by atoms with Crippen LogP contribution in [0, 0.1) is 0 Å². The number of guanidine groups is 1. The van der Waals surface area contributed by atoms with Gasteiger partial charge in [0.2, 0.25) is 0 Å². The Hall–Kier alpha value is -2.44. The number of nitrogens with zero attached hydrogens (tertiary/aromatic N) is 2. The molecule has 0 saturated carbocycles. The Bertz CT molecular complexity index is 581. The van der Waals surface area contributed by atoms with Crippen LogP contribution in [0.3, 0.4) is 0 Å². The number of hydrogen-bond acceptors (Lipinski definition) is 4. The van der Waals surface area contributed by atoms with E-state index in [1.165, 1.54) is 5.56 Å². The molecule has 7 nitrogen and oxygen atoms in total. The molecule has 1 heterocycles. The highest BCUT2D eigenvalue weighted by Crippen LogP contribution is 2.12. The van der Waals surface area contributed by atoms with Crippen molar-refractivity contribution >= 4 is 12.1 Å². The maximum absolute atomic E-state index is 11.7. The summed E-state index contributed by atoms with van der Waals surface area (Å²) in [6.45, 7) is 4.46. The third-order valence-electron chi connectivity index (χ3n) is 4.45. The summed E-state index contributed by atoms with van der Waals surface area (Å²) in [6, 6.07) is 8.40. The summed E-state index contributed by atoms with van der Waals surface area (Å²) in [6.07, 6.45) is 2.47. The Morgan fingerprint density at radius 2 is 1.96 bits per heavy atom. The minimum Gasteiger partial charge on any atom is -0.497 e. The molecule has 0 atom stereocenters. The molecule has 26 heavy (non-hydrogen) atoms. The van der Waals surface area contributed by atoms with E-state index in [1.54, 1.807) is 19.1 Å². The topological polar surface area (TPSA) is 75.2 Å². The molecular weight excluding hydrogens is 332 g/mol. The summed E-state index contributed by atoms with van der Waals surface area (Å²) < 4.78 is 10.2. The highest BCUT2D eigenvalue weighted by atomic mass is 16.6. The van der Waals surface area contributed by atoms with Gasteiger partial charge in [0.25, 0.3) is 0 Å². The third-order valence-corrected chi connectivity index (χ3v) is 4.45. The van der Waals surface area contributed by atoms with Gasteiger partial charge < -0.3 is 25.0 Å². The van der Waals surface area contributed by atoms with E-state index in [9.17, 15) is 4.79 Å². The molecule has 0 aliphatic carbocycles. The average Bonchev–Trinajstić information content (AvgIpc) is 2.68. The predicted octanol–water partition coefficient (Wildman–Crippen LogP) is 2.02. The second kappa shape index (κ2) is 10.5. The molecule has 0 bridgehead atoms. The molecule has 1 aliphatic rings. The standard InChI is InChI=1S/C19H30N4O3/c1-4-26-19(24)23-13-10-16(11-14-23)22-18(20-2)21-12-9-15-5-7-17(25-3)8-6-15/h5-8,16H,4,9-14H2,1-3H3,(H2,20,21,22). The van der Waals surface area contributed by atoms with Gasteiger partial charge in [-0.2, -0.15) is 0 Å². The third kappa shape index (κ3) is 6.13. The zero-order valence-electron chi connectivity index (χ0n) is 16.0. The van der Waals surface area contributed by atoms with Crippen molar-refractivity contribution in [2.24, 2.45) is 4.99 Å². The van der Waals surface area contributed by atoms with Gasteiger partial charge in [-0.1, -0.05) is 12.1 Å². The Labute approximate surface area is 155 Å². The van der Waals surface area contributed by atoms with Crippen LogP contribution in [0.4, 0.5) is 4.79 Å². The average molecular weight is 362 g/mol. The van der Waals surface area contributed by atoms with Gasteiger partial charge >= 0.3 is 6.09 Å². The lowest BCUT2D eigenvalue weighted by molar-refractivity contribution is 0.0963. The summed E-state index contributed by atoms with van der Waals surface area (Å²) in [4.78, 5) is 17.8. The molecule has 1 fully saturated rings. The van der Waals surface area contributed by atoms with E-state index < -0.39 is 0 Å². The van der Waals surface area contributed by atoms with Crippen LogP contribution in [0.5, 0.6) is 5.75 Å². The quantitative estimate of drug-likeness (QED) is 0.598. The molecule has 1 saturated heterocycles. The van der Waals surface area contributed by atoms with Crippen molar-refractivity contribution in [3.63, 3.8) is 0 Å². The highest BCUT2D eigenvalue weighted by Gasteiger charge is 2.23. The van der Waals surface area contributed by atoms with Crippen LogP contribution in [-0.2, 0) is 11.2 Å². The number of benzene rings is 1. The Morgan fingerprint density at radius 3 is 2.54 bits per heavy atom. The fourth-order valence-corrected chi connectivity index (χ4v) is 2.93. The summed E-state index contributed by atoms with van der Waals surface area (Å²) in [5.74, 6) is 1.67. The van der Waals surface area contributed by atoms with Crippen molar-refractivity contribution in [2.75, 3.05) is 40.4 Å². The van der Waals surface area contributed by atoms with Crippen LogP contribution >= 0.6 is 0 Å². The van der Waals surface area contributed by atoms with Crippen LogP contribution < -0.4 is 15.4 Å². The summed E-state index contributed by atoms with van der Waals surface area (Å²) in [5.41, 5.74) is 1.25. The number of nitrogens with one attached hydrogen (secondary N) is 2. The molecule has 144 valence electrons. The number of hydrogen-bond donors (Lipinski definition) is 2. The largest absolute Gasteiger partial charge is 0.497 e. The zero-order chi connectivity index (χ0) is 18.8. The van der Waals surface area contributed by atoms with E-state index in [-0.39, 0.29) is 6.09 Å². The highest BCUT2D eigenvalue weighted by molar-refractivity contribution is 5.80. The number of amides is 1. The van der Waals surface area contributed by atoms with Crippen LogP contribution in [0.1, 0.15) is 25.3 Å². The number of ether oxygens (including phenoxy) is 2. The molecule has 1 amide bonds. The van der Waals surface area contributed by atoms with Crippen LogP contribution in [0.15, 0.2) is 29.3 Å². The monoisotopic (exact) mass is 362 g/mol. The number of aliphatic imine (C=N–C) groups is 1. The van der Waals surface area contributed by atoms with E-state index >= 15 is 0 Å². The predicted molar refractivity (Wildman–Crippen MR) is 103 cm³/mol. The van der Waals surface area contributed by atoms with E-state index in [0.29, 0.717) is 25.7 Å². The van der Waals surface area contributed by atoms with Gasteiger partial charge in [0, 0.05) is 32.7 Å². The second-order valence-electron chi connectivity index (χ2n) is 6.20. The number of methoxy groups -OCH3 is 1.